The molecule has 3 nitrogen and oxygen atoms in total. The van der Waals surface area contributed by atoms with Crippen molar-refractivity contribution in [3.8, 4) is 0 Å². The first kappa shape index (κ1) is 25.6. The van der Waals surface area contributed by atoms with E-state index >= 15 is 0 Å². The average molecular weight is 472 g/mol. The number of halogens is 3. The maximum absolute atomic E-state index is 13.2. The Hall–Kier alpha value is -3.02. The van der Waals surface area contributed by atoms with Crippen LogP contribution in [0, 0.1) is 5.92 Å². The van der Waals surface area contributed by atoms with Gasteiger partial charge < -0.3 is 10.0 Å². The number of hydrogen-bond donors (Lipinski definition) is 1. The molecule has 0 radical (unpaired) electrons. The smallest absolute Gasteiger partial charge is 0.416 e. The average Bonchev–Trinajstić information content (AvgIpc) is 2.79. The molecule has 0 unspecified atom stereocenters. The van der Waals surface area contributed by atoms with E-state index in [4.69, 9.17) is 0 Å². The predicted octanol–water partition coefficient (Wildman–Crippen LogP) is 7.76. The van der Waals surface area contributed by atoms with E-state index in [-0.39, 0.29) is 12.0 Å². The fourth-order valence-electron chi connectivity index (χ4n) is 4.94. The third kappa shape index (κ3) is 5.37. The highest BCUT2D eigenvalue weighted by atomic mass is 19.4. The molecular formula is C28H32F3NO2. The number of nitrogens with zero attached hydrogens (tertiary/aromatic N) is 1. The molecule has 1 fully saturated rings. The van der Waals surface area contributed by atoms with Crippen LogP contribution in [-0.4, -0.2) is 17.6 Å². The lowest BCUT2D eigenvalue weighted by Crippen LogP contribution is -2.41. The monoisotopic (exact) mass is 471 g/mol. The van der Waals surface area contributed by atoms with Crippen molar-refractivity contribution in [3.63, 3.8) is 0 Å². The first-order valence-electron chi connectivity index (χ1n) is 11.7. The number of benzene rings is 2. The van der Waals surface area contributed by atoms with Gasteiger partial charge in [-0.1, -0.05) is 56.7 Å². The minimum atomic E-state index is -4.41. The van der Waals surface area contributed by atoms with E-state index in [1.807, 2.05) is 19.1 Å². The summed E-state index contributed by atoms with van der Waals surface area (Å²) < 4.78 is 39.6. The maximum atomic E-state index is 13.2. The van der Waals surface area contributed by atoms with Crippen LogP contribution in [0.4, 0.5) is 18.9 Å². The molecule has 1 aliphatic rings. The van der Waals surface area contributed by atoms with Crippen molar-refractivity contribution in [2.45, 2.75) is 58.2 Å². The van der Waals surface area contributed by atoms with Crippen LogP contribution in [0.2, 0.25) is 0 Å². The third-order valence-electron chi connectivity index (χ3n) is 6.68. The molecule has 0 aromatic heterocycles. The van der Waals surface area contributed by atoms with Gasteiger partial charge in [0.05, 0.1) is 11.6 Å². The first-order valence-corrected chi connectivity index (χ1v) is 11.7. The van der Waals surface area contributed by atoms with E-state index in [2.05, 4.69) is 37.5 Å². The van der Waals surface area contributed by atoms with Crippen LogP contribution in [0.15, 0.2) is 72.3 Å². The van der Waals surface area contributed by atoms with E-state index in [1.165, 1.54) is 17.7 Å². The number of carboxylic acid groups (broad SMARTS) is 1. The summed E-state index contributed by atoms with van der Waals surface area (Å²) in [6, 6.07) is 13.2. The van der Waals surface area contributed by atoms with Crippen molar-refractivity contribution in [2.75, 3.05) is 11.4 Å². The summed E-state index contributed by atoms with van der Waals surface area (Å²) in [6.45, 7) is 10.5. The van der Waals surface area contributed by atoms with Gasteiger partial charge in [-0.05, 0) is 60.6 Å². The van der Waals surface area contributed by atoms with Crippen LogP contribution in [0.3, 0.4) is 0 Å². The van der Waals surface area contributed by atoms with Crippen molar-refractivity contribution in [1.82, 2.24) is 0 Å². The van der Waals surface area contributed by atoms with Gasteiger partial charge in [0, 0.05) is 23.7 Å². The second-order valence-electron chi connectivity index (χ2n) is 9.05. The highest BCUT2D eigenvalue weighted by Gasteiger charge is 2.38. The second-order valence-corrected chi connectivity index (χ2v) is 9.05. The number of alkyl halides is 3. The van der Waals surface area contributed by atoms with Gasteiger partial charge in [0.1, 0.15) is 0 Å². The summed E-state index contributed by atoms with van der Waals surface area (Å²) in [5, 5.41) is 9.84. The second kappa shape index (κ2) is 10.5. The van der Waals surface area contributed by atoms with Crippen LogP contribution >= 0.6 is 0 Å². The van der Waals surface area contributed by atoms with Gasteiger partial charge in [0.15, 0.2) is 0 Å². The Bertz CT molecular complexity index is 1040. The van der Waals surface area contributed by atoms with Gasteiger partial charge in [0.2, 0.25) is 0 Å². The molecule has 0 aliphatic carbocycles. The van der Waals surface area contributed by atoms with Crippen LogP contribution in [0.25, 0.3) is 0 Å². The van der Waals surface area contributed by atoms with Gasteiger partial charge in [-0.3, -0.25) is 0 Å². The largest absolute Gasteiger partial charge is 0.478 e. The summed E-state index contributed by atoms with van der Waals surface area (Å²) in [5.41, 5.74) is 3.44. The third-order valence-corrected chi connectivity index (χ3v) is 6.68. The zero-order valence-electron chi connectivity index (χ0n) is 19.9. The lowest BCUT2D eigenvalue weighted by molar-refractivity contribution is -0.137. The van der Waals surface area contributed by atoms with E-state index < -0.39 is 17.7 Å². The molecule has 1 aliphatic heterocycles. The maximum Gasteiger partial charge on any atom is 0.416 e. The van der Waals surface area contributed by atoms with Gasteiger partial charge in [-0.2, -0.15) is 13.2 Å². The number of carbonyl (C=O) groups is 1. The first-order chi connectivity index (χ1) is 16.1. The molecule has 182 valence electrons. The standard InChI is InChI=1S/C28H32F3NO2/c1-5-7-25-24(23(6-2)27(33)34)16-17-32(22-14-10-19(11-15-22)18(3)4)26(25)20-8-12-21(13-9-20)28(29,30)31/h5,8-15,18,25-26H,1,6-7,16-17H2,2-4H3,(H,33,34)/t25-,26+/m1/s1. The molecular weight excluding hydrogens is 439 g/mol. The molecule has 2 atom stereocenters. The number of aliphatic carboxylic acids is 1. The minimum absolute atomic E-state index is 0.209. The summed E-state index contributed by atoms with van der Waals surface area (Å²) >= 11 is 0. The lowest BCUT2D eigenvalue weighted by atomic mass is 9.76. The summed E-state index contributed by atoms with van der Waals surface area (Å²) in [7, 11) is 0. The van der Waals surface area contributed by atoms with Crippen LogP contribution in [0.5, 0.6) is 0 Å². The van der Waals surface area contributed by atoms with Crippen molar-refractivity contribution < 1.29 is 23.1 Å². The Labute approximate surface area is 199 Å². The number of allylic oxidation sites excluding steroid dienone is 1. The molecule has 3 rings (SSSR count). The molecule has 1 heterocycles. The van der Waals surface area contributed by atoms with Crippen LogP contribution < -0.4 is 4.90 Å². The fraction of sp³-hybridized carbons (Fsp3) is 0.393. The molecule has 2 aromatic carbocycles. The molecule has 0 bridgehead atoms. The topological polar surface area (TPSA) is 40.5 Å². The van der Waals surface area contributed by atoms with Gasteiger partial charge >= 0.3 is 12.1 Å². The molecule has 1 saturated heterocycles. The molecule has 2 aromatic rings. The van der Waals surface area contributed by atoms with Crippen molar-refractivity contribution in [3.05, 3.63) is 89.0 Å². The minimum Gasteiger partial charge on any atom is -0.478 e. The number of carboxylic acids is 1. The fourth-order valence-corrected chi connectivity index (χ4v) is 4.94. The SMILES string of the molecule is C=CC[C@@H]1C(=C(CC)C(=O)O)CCN(c2ccc(C(C)C)cc2)[C@H]1c1ccc(C(F)(F)F)cc1. The van der Waals surface area contributed by atoms with E-state index in [9.17, 15) is 23.1 Å². The van der Waals surface area contributed by atoms with Crippen molar-refractivity contribution >= 4 is 11.7 Å². The Morgan fingerprint density at radius 2 is 1.76 bits per heavy atom. The molecule has 0 amide bonds. The lowest BCUT2D eigenvalue weighted by Gasteiger charge is -2.45. The Kier molecular flexibility index (Phi) is 7.90. The van der Waals surface area contributed by atoms with Gasteiger partial charge in [-0.15, -0.1) is 6.58 Å². The zero-order chi connectivity index (χ0) is 25.0. The number of rotatable bonds is 7. The quantitative estimate of drug-likeness (QED) is 0.331. The molecule has 6 heteroatoms. The van der Waals surface area contributed by atoms with E-state index in [0.29, 0.717) is 37.3 Å². The number of piperidine rings is 1. The van der Waals surface area contributed by atoms with E-state index in [1.54, 1.807) is 6.08 Å². The van der Waals surface area contributed by atoms with E-state index in [0.717, 1.165) is 29.0 Å². The predicted molar refractivity (Wildman–Crippen MR) is 130 cm³/mol. The Balaban J connectivity index is 2.15. The molecule has 0 spiro atoms. The van der Waals surface area contributed by atoms with Crippen molar-refractivity contribution in [2.24, 2.45) is 5.92 Å². The van der Waals surface area contributed by atoms with Gasteiger partial charge in [0.25, 0.3) is 0 Å². The molecule has 34 heavy (non-hydrogen) atoms. The Morgan fingerprint density at radius 1 is 1.15 bits per heavy atom. The van der Waals surface area contributed by atoms with Crippen LogP contribution in [0.1, 0.15) is 68.7 Å². The number of hydrogen-bond acceptors (Lipinski definition) is 2. The normalized spacial score (nSPS) is 20.4. The summed E-state index contributed by atoms with van der Waals surface area (Å²) in [6.07, 6.45) is -1.15. The highest BCUT2D eigenvalue weighted by Crippen LogP contribution is 2.45. The van der Waals surface area contributed by atoms with Gasteiger partial charge in [-0.25, -0.2) is 4.79 Å². The highest BCUT2D eigenvalue weighted by molar-refractivity contribution is 5.87. The molecule has 1 N–H and O–H groups in total. The van der Waals surface area contributed by atoms with Crippen LogP contribution in [-0.2, 0) is 11.0 Å². The van der Waals surface area contributed by atoms with Crippen molar-refractivity contribution in [1.29, 1.82) is 0 Å². The summed E-state index contributed by atoms with van der Waals surface area (Å²) in [5.74, 6) is -0.766. The zero-order valence-corrected chi connectivity index (χ0v) is 19.9. The number of anilines is 1. The summed E-state index contributed by atoms with van der Waals surface area (Å²) in [4.78, 5) is 14.2. The molecule has 0 saturated carbocycles. The Morgan fingerprint density at radius 3 is 2.24 bits per heavy atom.